The minimum Gasteiger partial charge on any atom is -0.354 e. The van der Waals surface area contributed by atoms with Crippen LogP contribution in [0, 0.1) is 6.92 Å². The van der Waals surface area contributed by atoms with E-state index in [0.29, 0.717) is 0 Å². The number of allylic oxidation sites excluding steroid dienone is 1. The number of aryl methyl sites for hydroxylation is 1. The van der Waals surface area contributed by atoms with Crippen LogP contribution in [0.1, 0.15) is 31.2 Å². The van der Waals surface area contributed by atoms with Crippen LogP contribution in [0.2, 0.25) is 0 Å². The number of rotatable bonds is 9. The van der Waals surface area contributed by atoms with Crippen molar-refractivity contribution in [2.75, 3.05) is 27.2 Å². The molecule has 0 atom stereocenters. The highest BCUT2D eigenvalue weighted by Gasteiger charge is 2.04. The fourth-order valence-electron chi connectivity index (χ4n) is 2.18. The van der Waals surface area contributed by atoms with Crippen LogP contribution in [0.15, 0.2) is 30.0 Å². The van der Waals surface area contributed by atoms with Gasteiger partial charge in [0.15, 0.2) is 5.96 Å². The number of guanidine groups is 1. The third kappa shape index (κ3) is 6.97. The predicted molar refractivity (Wildman–Crippen MR) is 89.6 cm³/mol. The Bertz CT molecular complexity index is 436. The molecule has 0 bridgehead atoms. The summed E-state index contributed by atoms with van der Waals surface area (Å²) in [7, 11) is 3.91. The van der Waals surface area contributed by atoms with Crippen molar-refractivity contribution in [3.8, 4) is 0 Å². The largest absolute Gasteiger partial charge is 0.354 e. The van der Waals surface area contributed by atoms with Crippen molar-refractivity contribution in [1.82, 2.24) is 20.0 Å². The summed E-state index contributed by atoms with van der Waals surface area (Å²) >= 11 is 0. The molecule has 0 saturated carbocycles. The van der Waals surface area contributed by atoms with E-state index in [1.54, 1.807) is 0 Å². The van der Waals surface area contributed by atoms with Gasteiger partial charge in [0, 0.05) is 33.4 Å². The molecule has 0 saturated heterocycles. The van der Waals surface area contributed by atoms with Crippen LogP contribution in [-0.2, 0) is 6.54 Å². The molecule has 0 radical (unpaired) electrons. The molecule has 0 aliphatic carbocycles. The van der Waals surface area contributed by atoms with E-state index >= 15 is 0 Å². The van der Waals surface area contributed by atoms with E-state index in [1.165, 1.54) is 24.8 Å². The summed E-state index contributed by atoms with van der Waals surface area (Å²) in [6.45, 7) is 8.50. The minimum atomic E-state index is 0.828. The van der Waals surface area contributed by atoms with E-state index in [0.717, 1.165) is 32.0 Å². The maximum Gasteiger partial charge on any atom is 0.193 e. The molecule has 1 rings (SSSR count). The Morgan fingerprint density at radius 2 is 2.29 bits per heavy atom. The number of hydrogen-bond acceptors (Lipinski definition) is 2. The van der Waals surface area contributed by atoms with Crippen LogP contribution in [0.3, 0.4) is 0 Å². The summed E-state index contributed by atoms with van der Waals surface area (Å²) in [5.41, 5.74) is 1.19. The molecule has 21 heavy (non-hydrogen) atoms. The number of nitrogens with zero attached hydrogens (tertiary/aromatic N) is 4. The molecular formula is C16H29N5. The Hall–Kier alpha value is -1.78. The predicted octanol–water partition coefficient (Wildman–Crippen LogP) is 2.45. The molecule has 0 aliphatic rings. The normalized spacial score (nSPS) is 11.5. The molecule has 0 fully saturated rings. The second kappa shape index (κ2) is 10.0. The molecule has 1 N–H and O–H groups in total. The highest BCUT2D eigenvalue weighted by atomic mass is 15.3. The maximum absolute atomic E-state index is 4.33. The second-order valence-electron chi connectivity index (χ2n) is 5.31. The van der Waals surface area contributed by atoms with Gasteiger partial charge in [0.05, 0.1) is 12.7 Å². The van der Waals surface area contributed by atoms with Crippen LogP contribution in [0.25, 0.3) is 0 Å². The van der Waals surface area contributed by atoms with Gasteiger partial charge in [-0.15, -0.1) is 6.58 Å². The summed E-state index contributed by atoms with van der Waals surface area (Å²) in [5, 5.41) is 7.65. The monoisotopic (exact) mass is 291 g/mol. The standard InChI is InChI=1S/C16H29N5/c1-5-6-7-8-9-11-20(4)16(17-3)18-10-12-21-14-15(2)13-19-21/h5,13-14H,1,6-12H2,2-4H3,(H,17,18). The van der Waals surface area contributed by atoms with Gasteiger partial charge in [0.1, 0.15) is 0 Å². The molecule has 0 aliphatic heterocycles. The topological polar surface area (TPSA) is 45.5 Å². The van der Waals surface area contributed by atoms with Gasteiger partial charge in [0.2, 0.25) is 0 Å². The Kier molecular flexibility index (Phi) is 8.24. The van der Waals surface area contributed by atoms with Crippen molar-refractivity contribution in [3.05, 3.63) is 30.6 Å². The van der Waals surface area contributed by atoms with E-state index in [9.17, 15) is 0 Å². The highest BCUT2D eigenvalue weighted by Crippen LogP contribution is 2.01. The molecule has 5 heteroatoms. The SMILES string of the molecule is C=CCCCCCN(C)C(=NC)NCCn1cc(C)cn1. The van der Waals surface area contributed by atoms with E-state index in [2.05, 4.69) is 40.9 Å². The smallest absolute Gasteiger partial charge is 0.193 e. The molecule has 0 spiro atoms. The lowest BCUT2D eigenvalue weighted by atomic mass is 10.2. The molecule has 0 aromatic carbocycles. The zero-order valence-electron chi connectivity index (χ0n) is 13.7. The Balaban J connectivity index is 2.22. The minimum absolute atomic E-state index is 0.828. The molecule has 118 valence electrons. The van der Waals surface area contributed by atoms with Crippen LogP contribution in [0.5, 0.6) is 0 Å². The van der Waals surface area contributed by atoms with Gasteiger partial charge < -0.3 is 10.2 Å². The Morgan fingerprint density at radius 1 is 1.48 bits per heavy atom. The molecular weight excluding hydrogens is 262 g/mol. The lowest BCUT2D eigenvalue weighted by Gasteiger charge is -2.22. The number of aromatic nitrogens is 2. The van der Waals surface area contributed by atoms with Gasteiger partial charge in [-0.25, -0.2) is 0 Å². The number of aliphatic imine (C=N–C) groups is 1. The first-order chi connectivity index (χ1) is 10.2. The van der Waals surface area contributed by atoms with Gasteiger partial charge >= 0.3 is 0 Å². The highest BCUT2D eigenvalue weighted by molar-refractivity contribution is 5.79. The summed E-state index contributed by atoms with van der Waals surface area (Å²) in [5.74, 6) is 0.947. The molecule has 1 heterocycles. The molecule has 0 unspecified atom stereocenters. The van der Waals surface area contributed by atoms with Gasteiger partial charge in [-0.1, -0.05) is 12.5 Å². The van der Waals surface area contributed by atoms with Crippen LogP contribution in [0.4, 0.5) is 0 Å². The third-order valence-electron chi connectivity index (χ3n) is 3.36. The van der Waals surface area contributed by atoms with Crippen molar-refractivity contribution in [1.29, 1.82) is 0 Å². The van der Waals surface area contributed by atoms with Crippen LogP contribution < -0.4 is 5.32 Å². The van der Waals surface area contributed by atoms with E-state index in [1.807, 2.05) is 30.2 Å². The van der Waals surface area contributed by atoms with Gasteiger partial charge in [0.25, 0.3) is 0 Å². The number of nitrogens with one attached hydrogen (secondary N) is 1. The first kappa shape index (κ1) is 17.3. The quantitative estimate of drug-likeness (QED) is 0.329. The zero-order valence-corrected chi connectivity index (χ0v) is 13.7. The fourth-order valence-corrected chi connectivity index (χ4v) is 2.18. The first-order valence-corrected chi connectivity index (χ1v) is 7.69. The Morgan fingerprint density at radius 3 is 2.90 bits per heavy atom. The number of unbranched alkanes of at least 4 members (excludes halogenated alkanes) is 3. The zero-order chi connectivity index (χ0) is 15.5. The van der Waals surface area contributed by atoms with Crippen molar-refractivity contribution >= 4 is 5.96 Å². The summed E-state index contributed by atoms with van der Waals surface area (Å²) in [4.78, 5) is 6.51. The molecule has 1 aromatic rings. The van der Waals surface area contributed by atoms with Crippen molar-refractivity contribution < 1.29 is 0 Å². The van der Waals surface area contributed by atoms with E-state index in [4.69, 9.17) is 0 Å². The van der Waals surface area contributed by atoms with Crippen LogP contribution in [-0.4, -0.2) is 47.8 Å². The average molecular weight is 291 g/mol. The average Bonchev–Trinajstić information content (AvgIpc) is 2.88. The summed E-state index contributed by atoms with van der Waals surface area (Å²) in [6, 6.07) is 0. The third-order valence-corrected chi connectivity index (χ3v) is 3.36. The molecule has 1 aromatic heterocycles. The van der Waals surface area contributed by atoms with Gasteiger partial charge in [-0.2, -0.15) is 5.10 Å². The first-order valence-electron chi connectivity index (χ1n) is 7.69. The van der Waals surface area contributed by atoms with Crippen LogP contribution >= 0.6 is 0 Å². The van der Waals surface area contributed by atoms with Gasteiger partial charge in [-0.3, -0.25) is 9.67 Å². The van der Waals surface area contributed by atoms with E-state index < -0.39 is 0 Å². The summed E-state index contributed by atoms with van der Waals surface area (Å²) in [6.07, 6.45) is 10.7. The summed E-state index contributed by atoms with van der Waals surface area (Å²) < 4.78 is 1.95. The molecule has 0 amide bonds. The van der Waals surface area contributed by atoms with Crippen molar-refractivity contribution in [2.24, 2.45) is 4.99 Å². The van der Waals surface area contributed by atoms with Crippen molar-refractivity contribution in [2.45, 2.75) is 39.2 Å². The van der Waals surface area contributed by atoms with E-state index in [-0.39, 0.29) is 0 Å². The molecule has 5 nitrogen and oxygen atoms in total. The maximum atomic E-state index is 4.33. The second-order valence-corrected chi connectivity index (χ2v) is 5.31. The number of hydrogen-bond donors (Lipinski definition) is 1. The lowest BCUT2D eigenvalue weighted by Crippen LogP contribution is -2.40. The van der Waals surface area contributed by atoms with Crippen molar-refractivity contribution in [3.63, 3.8) is 0 Å². The lowest BCUT2D eigenvalue weighted by molar-refractivity contribution is 0.451. The Labute approximate surface area is 128 Å². The van der Waals surface area contributed by atoms with Gasteiger partial charge in [-0.05, 0) is 31.7 Å². The fraction of sp³-hybridized carbons (Fsp3) is 0.625.